The number of amides is 3. The first-order valence-electron chi connectivity index (χ1n) is 10.4. The third kappa shape index (κ3) is 4.04. The number of carbonyl (C=O) groups excluding carboxylic acids is 2. The molecule has 8 nitrogen and oxygen atoms in total. The molecule has 0 aliphatic carbocycles. The van der Waals surface area contributed by atoms with Gasteiger partial charge >= 0.3 is 6.03 Å². The third-order valence-corrected chi connectivity index (χ3v) is 6.71. The van der Waals surface area contributed by atoms with Gasteiger partial charge in [0.1, 0.15) is 11.5 Å². The molecular formula is C22H25BrFN5O3. The van der Waals surface area contributed by atoms with E-state index in [0.29, 0.717) is 30.9 Å². The summed E-state index contributed by atoms with van der Waals surface area (Å²) in [6.07, 6.45) is 1.22. The lowest BCUT2D eigenvalue weighted by Crippen LogP contribution is -2.45. The molecule has 0 saturated heterocycles. The van der Waals surface area contributed by atoms with E-state index in [4.69, 9.17) is 0 Å². The highest BCUT2D eigenvalue weighted by Gasteiger charge is 2.37. The van der Waals surface area contributed by atoms with Crippen molar-refractivity contribution in [1.82, 2.24) is 19.6 Å². The number of fused-ring (bicyclic) bond motifs is 3. The Labute approximate surface area is 193 Å². The molecular weight excluding hydrogens is 481 g/mol. The molecule has 1 aromatic carbocycles. The summed E-state index contributed by atoms with van der Waals surface area (Å²) in [5, 5.41) is 17.8. The van der Waals surface area contributed by atoms with Crippen molar-refractivity contribution in [3.8, 4) is 0 Å². The maximum Gasteiger partial charge on any atom is 0.322 e. The fraction of sp³-hybridized carbons (Fsp3) is 0.409. The number of nitrogens with zero attached hydrogens (tertiary/aromatic N) is 4. The monoisotopic (exact) mass is 505 g/mol. The Kier molecular flexibility index (Phi) is 6.09. The van der Waals surface area contributed by atoms with Gasteiger partial charge < -0.3 is 20.2 Å². The van der Waals surface area contributed by atoms with Gasteiger partial charge in [-0.25, -0.2) is 9.18 Å². The molecule has 3 atom stereocenters. The Morgan fingerprint density at radius 2 is 2.19 bits per heavy atom. The minimum Gasteiger partial charge on any atom is -0.389 e. The zero-order valence-corrected chi connectivity index (χ0v) is 19.5. The number of urea groups is 1. The number of anilines is 1. The molecule has 0 spiro atoms. The van der Waals surface area contributed by atoms with Crippen molar-refractivity contribution in [1.29, 1.82) is 0 Å². The molecule has 2 aromatic rings. The van der Waals surface area contributed by atoms with E-state index < -0.39 is 11.9 Å². The number of nitrogens with one attached hydrogen (secondary N) is 1. The zero-order valence-electron chi connectivity index (χ0n) is 17.9. The average Bonchev–Trinajstić information content (AvgIpc) is 3.04. The summed E-state index contributed by atoms with van der Waals surface area (Å²) >= 11 is 3.12. The van der Waals surface area contributed by atoms with Gasteiger partial charge in [0, 0.05) is 49.8 Å². The summed E-state index contributed by atoms with van der Waals surface area (Å²) < 4.78 is 15.4. The summed E-state index contributed by atoms with van der Waals surface area (Å²) in [6.45, 7) is 6.57. The Morgan fingerprint density at radius 3 is 2.88 bits per heavy atom. The first-order valence-corrected chi connectivity index (χ1v) is 11.2. The van der Waals surface area contributed by atoms with Crippen LogP contribution in [0.1, 0.15) is 28.7 Å². The summed E-state index contributed by atoms with van der Waals surface area (Å²) in [5.41, 5.74) is 2.43. The standard InChI is InChI=1S/C22H25BrFN5O3/c1-4-19(30)13-9-27(3)21(31)20-15-11-28(12(2)7-18(15)26-29(20)10-13)22(32)25-14-5-6-17(24)16(23)8-14/h4-6,8,12-13,19,30H,1,7,9-11H2,2-3H3,(H,25,32)/t12-,13?,19-/m1/s1. The van der Waals surface area contributed by atoms with E-state index in [1.807, 2.05) is 6.92 Å². The van der Waals surface area contributed by atoms with Gasteiger partial charge in [-0.3, -0.25) is 9.48 Å². The lowest BCUT2D eigenvalue weighted by Gasteiger charge is -2.33. The Morgan fingerprint density at radius 1 is 1.44 bits per heavy atom. The van der Waals surface area contributed by atoms with Crippen molar-refractivity contribution < 1.29 is 19.1 Å². The molecule has 0 fully saturated rings. The first kappa shape index (κ1) is 22.5. The molecule has 1 aromatic heterocycles. The average molecular weight is 506 g/mol. The van der Waals surface area contributed by atoms with Crippen LogP contribution < -0.4 is 5.32 Å². The number of halogens is 2. The molecule has 3 amide bonds. The van der Waals surface area contributed by atoms with Gasteiger partial charge in [-0.15, -0.1) is 6.58 Å². The third-order valence-electron chi connectivity index (χ3n) is 6.10. The molecule has 4 rings (SSSR count). The van der Waals surface area contributed by atoms with Gasteiger partial charge in [-0.1, -0.05) is 6.08 Å². The van der Waals surface area contributed by atoms with E-state index in [0.717, 1.165) is 11.3 Å². The zero-order chi connectivity index (χ0) is 23.2. The van der Waals surface area contributed by atoms with Gasteiger partial charge in [0.15, 0.2) is 0 Å². The maximum atomic E-state index is 13.5. The van der Waals surface area contributed by atoms with Crippen LogP contribution in [-0.4, -0.2) is 62.4 Å². The summed E-state index contributed by atoms with van der Waals surface area (Å²) in [4.78, 5) is 29.4. The molecule has 0 bridgehead atoms. The Hall–Kier alpha value is -2.72. The van der Waals surface area contributed by atoms with E-state index in [9.17, 15) is 19.1 Å². The van der Waals surface area contributed by atoms with Gasteiger partial charge in [0.05, 0.1) is 22.8 Å². The van der Waals surface area contributed by atoms with Crippen LogP contribution in [-0.2, 0) is 19.5 Å². The van der Waals surface area contributed by atoms with Crippen LogP contribution >= 0.6 is 15.9 Å². The highest BCUT2D eigenvalue weighted by atomic mass is 79.9. The first-order chi connectivity index (χ1) is 15.2. The van der Waals surface area contributed by atoms with Crippen LogP contribution in [0, 0.1) is 11.7 Å². The van der Waals surface area contributed by atoms with Crippen LogP contribution in [0.15, 0.2) is 35.3 Å². The Bertz CT molecular complexity index is 1090. The van der Waals surface area contributed by atoms with Gasteiger partial charge in [0.2, 0.25) is 0 Å². The molecule has 0 radical (unpaired) electrons. The van der Waals surface area contributed by atoms with Crippen molar-refractivity contribution in [2.75, 3.05) is 18.9 Å². The highest BCUT2D eigenvalue weighted by molar-refractivity contribution is 9.10. The number of rotatable bonds is 3. The van der Waals surface area contributed by atoms with Crippen molar-refractivity contribution in [3.63, 3.8) is 0 Å². The number of aliphatic hydroxyl groups excluding tert-OH is 1. The number of hydrogen-bond acceptors (Lipinski definition) is 4. The molecule has 10 heteroatoms. The minimum atomic E-state index is -0.756. The lowest BCUT2D eigenvalue weighted by atomic mass is 9.99. The van der Waals surface area contributed by atoms with Gasteiger partial charge in [-0.05, 0) is 41.1 Å². The summed E-state index contributed by atoms with van der Waals surface area (Å²) in [7, 11) is 1.70. The molecule has 170 valence electrons. The van der Waals surface area contributed by atoms with Crippen LogP contribution in [0.5, 0.6) is 0 Å². The summed E-state index contributed by atoms with van der Waals surface area (Å²) in [5.74, 6) is -0.822. The smallest absolute Gasteiger partial charge is 0.322 e. The molecule has 2 N–H and O–H groups in total. The fourth-order valence-electron chi connectivity index (χ4n) is 4.31. The second-order valence-corrected chi connectivity index (χ2v) is 9.22. The predicted octanol–water partition coefficient (Wildman–Crippen LogP) is 3.01. The normalized spacial score (nSPS) is 21.5. The van der Waals surface area contributed by atoms with Crippen molar-refractivity contribution in [3.05, 3.63) is 58.1 Å². The summed E-state index contributed by atoms with van der Waals surface area (Å²) in [6, 6.07) is 3.79. The largest absolute Gasteiger partial charge is 0.389 e. The van der Waals surface area contributed by atoms with Crippen LogP contribution in [0.4, 0.5) is 14.9 Å². The highest BCUT2D eigenvalue weighted by Crippen LogP contribution is 2.30. The topological polar surface area (TPSA) is 90.7 Å². The molecule has 2 aliphatic heterocycles. The van der Waals surface area contributed by atoms with E-state index in [1.54, 1.807) is 21.5 Å². The fourth-order valence-corrected chi connectivity index (χ4v) is 4.69. The van der Waals surface area contributed by atoms with Crippen LogP contribution in [0.3, 0.4) is 0 Å². The van der Waals surface area contributed by atoms with E-state index >= 15 is 0 Å². The predicted molar refractivity (Wildman–Crippen MR) is 121 cm³/mol. The number of aliphatic hydroxyl groups is 1. The molecule has 1 unspecified atom stereocenters. The number of benzene rings is 1. The molecule has 3 heterocycles. The van der Waals surface area contributed by atoms with Crippen LogP contribution in [0.25, 0.3) is 0 Å². The number of aromatic nitrogens is 2. The Balaban J connectivity index is 1.62. The van der Waals surface area contributed by atoms with Crippen molar-refractivity contribution in [2.45, 2.75) is 38.6 Å². The molecule has 0 saturated carbocycles. The SMILES string of the molecule is C=C[C@@H](O)C1CN(C)C(=O)c2c3c(nn2C1)C[C@@H](C)N(C(=O)Nc1ccc(F)c(Br)c1)C3. The van der Waals surface area contributed by atoms with Crippen molar-refractivity contribution in [2.24, 2.45) is 5.92 Å². The van der Waals surface area contributed by atoms with E-state index in [2.05, 4.69) is 32.9 Å². The minimum absolute atomic E-state index is 0.145. The second kappa shape index (κ2) is 8.67. The van der Waals surface area contributed by atoms with Crippen LogP contribution in [0.2, 0.25) is 0 Å². The van der Waals surface area contributed by atoms with E-state index in [1.165, 1.54) is 24.3 Å². The lowest BCUT2D eigenvalue weighted by molar-refractivity contribution is 0.0724. The molecule has 2 aliphatic rings. The van der Waals surface area contributed by atoms with Crippen molar-refractivity contribution >= 4 is 33.6 Å². The maximum absolute atomic E-state index is 13.5. The second-order valence-electron chi connectivity index (χ2n) is 8.37. The van der Waals surface area contributed by atoms with Gasteiger partial charge in [-0.2, -0.15) is 5.10 Å². The number of hydrogen-bond donors (Lipinski definition) is 2. The molecule has 32 heavy (non-hydrogen) atoms. The quantitative estimate of drug-likeness (QED) is 0.627. The van der Waals surface area contributed by atoms with E-state index in [-0.39, 0.29) is 34.9 Å². The van der Waals surface area contributed by atoms with Gasteiger partial charge in [0.25, 0.3) is 5.91 Å². The number of carbonyl (C=O) groups is 2.